The molecule has 0 radical (unpaired) electrons. The van der Waals surface area contributed by atoms with Crippen molar-refractivity contribution in [2.45, 2.75) is 6.92 Å². The summed E-state index contributed by atoms with van der Waals surface area (Å²) in [4.78, 5) is 10.9. The Hall–Kier alpha value is -1.46. The number of carbonyl (C=O) groups is 1. The fourth-order valence-electron chi connectivity index (χ4n) is 1.20. The van der Waals surface area contributed by atoms with Crippen LogP contribution in [-0.4, -0.2) is 21.3 Å². The van der Waals surface area contributed by atoms with Gasteiger partial charge >= 0.3 is 5.97 Å². The second-order valence-corrected chi connectivity index (χ2v) is 3.15. The number of hydrogen-bond acceptors (Lipinski definition) is 3. The maximum Gasteiger partial charge on any atom is 0.336 e. The maximum absolute atomic E-state index is 10.9. The topological polar surface area (TPSA) is 69.6 Å². The van der Waals surface area contributed by atoms with Gasteiger partial charge in [-0.25, -0.2) is 4.79 Å². The van der Waals surface area contributed by atoms with Gasteiger partial charge in [0.15, 0.2) is 0 Å². The second kappa shape index (κ2) is 4.17. The molecule has 74 valence electrons. The first-order valence-corrected chi connectivity index (χ1v) is 4.26. The average molecular weight is 211 g/mol. The first-order chi connectivity index (χ1) is 6.57. The predicted octanol–water partition coefficient (Wildman–Crippen LogP) is 1.35. The normalized spacial score (nSPS) is 9.57. The van der Waals surface area contributed by atoms with Gasteiger partial charge in [-0.05, 0) is 12.5 Å². The van der Waals surface area contributed by atoms with Crippen molar-refractivity contribution in [1.82, 2.24) is 5.48 Å². The van der Waals surface area contributed by atoms with E-state index >= 15 is 0 Å². The molecule has 0 heterocycles. The molecule has 0 amide bonds. The Balaban J connectivity index is 3.35. The zero-order valence-electron chi connectivity index (χ0n) is 7.44. The fraction of sp³-hybridized carbons (Fsp3) is 0.111. The summed E-state index contributed by atoms with van der Waals surface area (Å²) >= 11 is 4.76. The second-order valence-electron chi connectivity index (χ2n) is 2.74. The van der Waals surface area contributed by atoms with Crippen molar-refractivity contribution in [2.24, 2.45) is 0 Å². The van der Waals surface area contributed by atoms with Crippen LogP contribution in [0.5, 0.6) is 0 Å². The number of rotatable bonds is 2. The smallest absolute Gasteiger partial charge is 0.336 e. The summed E-state index contributed by atoms with van der Waals surface area (Å²) in [6.45, 7) is 1.67. The third-order valence-electron chi connectivity index (χ3n) is 1.83. The molecule has 14 heavy (non-hydrogen) atoms. The summed E-state index contributed by atoms with van der Waals surface area (Å²) in [5, 5.41) is 17.5. The monoisotopic (exact) mass is 211 g/mol. The van der Waals surface area contributed by atoms with Crippen LogP contribution in [0.4, 0.5) is 0 Å². The minimum atomic E-state index is -1.06. The van der Waals surface area contributed by atoms with Crippen molar-refractivity contribution in [3.8, 4) is 0 Å². The zero-order valence-corrected chi connectivity index (χ0v) is 8.26. The van der Waals surface area contributed by atoms with Crippen molar-refractivity contribution in [2.75, 3.05) is 0 Å². The van der Waals surface area contributed by atoms with Crippen molar-refractivity contribution in [3.05, 3.63) is 34.9 Å². The predicted molar refractivity (Wildman–Crippen MR) is 54.8 cm³/mol. The van der Waals surface area contributed by atoms with Gasteiger partial charge in [-0.15, -0.1) is 0 Å². The van der Waals surface area contributed by atoms with E-state index in [1.54, 1.807) is 30.6 Å². The van der Waals surface area contributed by atoms with E-state index in [-0.39, 0.29) is 10.6 Å². The quantitative estimate of drug-likeness (QED) is 0.509. The number of nitrogens with one attached hydrogen (secondary N) is 1. The van der Waals surface area contributed by atoms with Gasteiger partial charge in [0.1, 0.15) is 4.99 Å². The van der Waals surface area contributed by atoms with E-state index in [1.165, 1.54) is 0 Å². The van der Waals surface area contributed by atoms with Crippen LogP contribution in [0.1, 0.15) is 21.5 Å². The molecule has 0 aliphatic carbocycles. The molecule has 1 rings (SSSR count). The molecule has 0 aliphatic heterocycles. The average Bonchev–Trinajstić information content (AvgIpc) is 2.15. The lowest BCUT2D eigenvalue weighted by atomic mass is 10.0. The highest BCUT2D eigenvalue weighted by atomic mass is 32.1. The first-order valence-electron chi connectivity index (χ1n) is 3.85. The van der Waals surface area contributed by atoms with E-state index in [2.05, 4.69) is 0 Å². The Kier molecular flexibility index (Phi) is 3.16. The number of aryl methyl sites for hydroxylation is 1. The molecule has 0 bridgehead atoms. The van der Waals surface area contributed by atoms with Crippen LogP contribution >= 0.6 is 12.2 Å². The third-order valence-corrected chi connectivity index (χ3v) is 2.14. The van der Waals surface area contributed by atoms with Crippen molar-refractivity contribution in [1.29, 1.82) is 0 Å². The number of thiocarbonyl (C=S) groups is 1. The Morgan fingerprint density at radius 1 is 1.50 bits per heavy atom. The molecule has 1 aromatic carbocycles. The van der Waals surface area contributed by atoms with Crippen LogP contribution in [0, 0.1) is 6.92 Å². The summed E-state index contributed by atoms with van der Waals surface area (Å²) in [7, 11) is 0. The molecule has 3 N–H and O–H groups in total. The van der Waals surface area contributed by atoms with Gasteiger partial charge in [0, 0.05) is 5.56 Å². The number of hydrogen-bond donors (Lipinski definition) is 3. The molecule has 5 heteroatoms. The van der Waals surface area contributed by atoms with Gasteiger partial charge in [-0.2, -0.15) is 0 Å². The van der Waals surface area contributed by atoms with Crippen molar-refractivity contribution >= 4 is 23.2 Å². The number of benzene rings is 1. The van der Waals surface area contributed by atoms with E-state index in [0.29, 0.717) is 11.1 Å². The molecule has 0 fully saturated rings. The van der Waals surface area contributed by atoms with Crippen LogP contribution in [0.25, 0.3) is 0 Å². The zero-order chi connectivity index (χ0) is 10.7. The lowest BCUT2D eigenvalue weighted by molar-refractivity contribution is 0.0696. The van der Waals surface area contributed by atoms with Crippen LogP contribution in [0.2, 0.25) is 0 Å². The molecule has 0 atom stereocenters. The van der Waals surface area contributed by atoms with E-state index < -0.39 is 5.97 Å². The third kappa shape index (κ3) is 1.89. The molecule has 0 unspecified atom stereocenters. The van der Waals surface area contributed by atoms with Crippen molar-refractivity contribution in [3.63, 3.8) is 0 Å². The van der Waals surface area contributed by atoms with Crippen LogP contribution in [0.15, 0.2) is 18.2 Å². The number of carboxylic acid groups (broad SMARTS) is 1. The summed E-state index contributed by atoms with van der Waals surface area (Å²) < 4.78 is 0. The summed E-state index contributed by atoms with van der Waals surface area (Å²) in [5.74, 6) is -1.06. The highest BCUT2D eigenvalue weighted by Gasteiger charge is 2.15. The molecule has 0 saturated carbocycles. The SMILES string of the molecule is Cc1cccc(C(=S)NO)c1C(=O)O. The molecule has 0 spiro atoms. The Morgan fingerprint density at radius 2 is 2.14 bits per heavy atom. The minimum absolute atomic E-state index is 0.00565. The lowest BCUT2D eigenvalue weighted by Crippen LogP contribution is -2.21. The van der Waals surface area contributed by atoms with E-state index in [9.17, 15) is 4.79 Å². The maximum atomic E-state index is 10.9. The number of aromatic carboxylic acids is 1. The number of hydroxylamine groups is 1. The standard InChI is InChI=1S/C9H9NO3S/c1-5-3-2-4-6(8(14)10-13)7(5)9(11)12/h2-4,13H,1H3,(H,10,14)(H,11,12). The minimum Gasteiger partial charge on any atom is -0.478 e. The lowest BCUT2D eigenvalue weighted by Gasteiger charge is -2.08. The molecular formula is C9H9NO3S. The highest BCUT2D eigenvalue weighted by molar-refractivity contribution is 7.80. The van der Waals surface area contributed by atoms with E-state index in [4.69, 9.17) is 22.5 Å². The fourth-order valence-corrected chi connectivity index (χ4v) is 1.37. The molecule has 0 aliphatic rings. The van der Waals surface area contributed by atoms with Gasteiger partial charge in [0.05, 0.1) is 5.56 Å². The van der Waals surface area contributed by atoms with Gasteiger partial charge in [-0.1, -0.05) is 30.4 Å². The van der Waals surface area contributed by atoms with Gasteiger partial charge < -0.3 is 5.11 Å². The molecule has 4 nitrogen and oxygen atoms in total. The highest BCUT2D eigenvalue weighted by Crippen LogP contribution is 2.14. The number of carboxylic acids is 1. The Labute approximate surface area is 86.1 Å². The van der Waals surface area contributed by atoms with Crippen LogP contribution in [0.3, 0.4) is 0 Å². The van der Waals surface area contributed by atoms with Gasteiger partial charge in [0.2, 0.25) is 0 Å². The van der Waals surface area contributed by atoms with E-state index in [0.717, 1.165) is 0 Å². The van der Waals surface area contributed by atoms with Gasteiger partial charge in [-0.3, -0.25) is 10.7 Å². The Morgan fingerprint density at radius 3 is 2.64 bits per heavy atom. The largest absolute Gasteiger partial charge is 0.478 e. The van der Waals surface area contributed by atoms with Crippen molar-refractivity contribution < 1.29 is 15.1 Å². The van der Waals surface area contributed by atoms with E-state index in [1.807, 2.05) is 0 Å². The molecule has 1 aromatic rings. The Bertz CT molecular complexity index is 390. The summed E-state index contributed by atoms with van der Waals surface area (Å²) in [5.41, 5.74) is 2.80. The van der Waals surface area contributed by atoms with Crippen LogP contribution < -0.4 is 5.48 Å². The first kappa shape index (κ1) is 10.6. The summed E-state index contributed by atoms with van der Waals surface area (Å²) in [6.07, 6.45) is 0. The van der Waals surface area contributed by atoms with Crippen LogP contribution in [-0.2, 0) is 0 Å². The molecule has 0 aromatic heterocycles. The van der Waals surface area contributed by atoms with Gasteiger partial charge in [0.25, 0.3) is 0 Å². The molecular weight excluding hydrogens is 202 g/mol. The summed E-state index contributed by atoms with van der Waals surface area (Å²) in [6, 6.07) is 4.90. The molecule has 0 saturated heterocycles.